The number of likely N-dealkylation sites (tertiary alicyclic amines) is 2. The molecular formula is C22H31N3O2. The third-order valence-corrected chi connectivity index (χ3v) is 6.96. The number of nitrogens with one attached hydrogen (secondary N) is 1. The zero-order valence-electron chi connectivity index (χ0n) is 16.4. The highest BCUT2D eigenvalue weighted by Crippen LogP contribution is 2.42. The molecule has 2 aliphatic heterocycles. The highest BCUT2D eigenvalue weighted by atomic mass is 16.2. The molecule has 1 aromatic rings. The third kappa shape index (κ3) is 3.83. The summed E-state index contributed by atoms with van der Waals surface area (Å²) in [6.07, 6.45) is 8.55. The van der Waals surface area contributed by atoms with E-state index in [0.29, 0.717) is 18.4 Å². The highest BCUT2D eigenvalue weighted by molar-refractivity contribution is 5.90. The van der Waals surface area contributed by atoms with Crippen molar-refractivity contribution >= 4 is 17.6 Å². The molecule has 0 radical (unpaired) electrons. The van der Waals surface area contributed by atoms with Crippen molar-refractivity contribution in [2.75, 3.05) is 25.0 Å². The van der Waals surface area contributed by atoms with Crippen LogP contribution >= 0.6 is 0 Å². The first kappa shape index (κ1) is 18.3. The van der Waals surface area contributed by atoms with Gasteiger partial charge < -0.3 is 15.1 Å². The third-order valence-electron chi connectivity index (χ3n) is 6.96. The van der Waals surface area contributed by atoms with Crippen LogP contribution in [0.15, 0.2) is 24.3 Å². The Hall–Kier alpha value is -2.04. The SMILES string of the molecule is Cc1ccccc1NC(=O)N1CCC2(CCC(=O)N(C3CCCC3)C2)CC1. The predicted octanol–water partition coefficient (Wildman–Crippen LogP) is 4.17. The number of aryl methyl sites for hydroxylation is 1. The topological polar surface area (TPSA) is 52.7 Å². The van der Waals surface area contributed by atoms with Crippen molar-refractivity contribution in [3.05, 3.63) is 29.8 Å². The molecule has 3 aliphatic rings. The molecule has 1 spiro atoms. The molecule has 2 heterocycles. The van der Waals surface area contributed by atoms with Crippen LogP contribution in [0.3, 0.4) is 0 Å². The van der Waals surface area contributed by atoms with Crippen molar-refractivity contribution < 1.29 is 9.59 Å². The van der Waals surface area contributed by atoms with Gasteiger partial charge in [0, 0.05) is 37.8 Å². The number of hydrogen-bond acceptors (Lipinski definition) is 2. The van der Waals surface area contributed by atoms with Gasteiger partial charge in [-0.1, -0.05) is 31.0 Å². The Morgan fingerprint density at radius 2 is 1.81 bits per heavy atom. The Morgan fingerprint density at radius 1 is 1.11 bits per heavy atom. The second-order valence-corrected chi connectivity index (χ2v) is 8.69. The molecule has 3 fully saturated rings. The van der Waals surface area contributed by atoms with E-state index in [2.05, 4.69) is 10.2 Å². The quantitative estimate of drug-likeness (QED) is 0.850. The number of piperidine rings is 2. The Morgan fingerprint density at radius 3 is 2.52 bits per heavy atom. The van der Waals surface area contributed by atoms with E-state index in [1.807, 2.05) is 36.1 Å². The minimum atomic E-state index is -0.00122. The van der Waals surface area contributed by atoms with E-state index < -0.39 is 0 Å². The average Bonchev–Trinajstić information content (AvgIpc) is 3.21. The summed E-state index contributed by atoms with van der Waals surface area (Å²) < 4.78 is 0. The van der Waals surface area contributed by atoms with Crippen molar-refractivity contribution in [2.45, 2.75) is 64.3 Å². The lowest BCUT2D eigenvalue weighted by atomic mass is 9.72. The molecular weight excluding hydrogens is 338 g/mol. The first-order chi connectivity index (χ1) is 13.1. The molecule has 1 aromatic carbocycles. The van der Waals surface area contributed by atoms with Gasteiger partial charge in [-0.05, 0) is 56.1 Å². The van der Waals surface area contributed by atoms with Crippen LogP contribution < -0.4 is 5.32 Å². The summed E-state index contributed by atoms with van der Waals surface area (Å²) in [6, 6.07) is 8.36. The van der Waals surface area contributed by atoms with E-state index in [1.165, 1.54) is 25.7 Å². The molecule has 4 rings (SSSR count). The molecule has 5 nitrogen and oxygen atoms in total. The molecule has 0 aromatic heterocycles. The van der Waals surface area contributed by atoms with Crippen LogP contribution in [-0.4, -0.2) is 47.4 Å². The maximum Gasteiger partial charge on any atom is 0.321 e. The zero-order chi connectivity index (χ0) is 18.9. The molecule has 3 amide bonds. The predicted molar refractivity (Wildman–Crippen MR) is 107 cm³/mol. The molecule has 27 heavy (non-hydrogen) atoms. The van der Waals surface area contributed by atoms with Gasteiger partial charge in [0.1, 0.15) is 0 Å². The maximum atomic E-state index is 12.7. The van der Waals surface area contributed by atoms with E-state index >= 15 is 0 Å². The van der Waals surface area contributed by atoms with Gasteiger partial charge in [-0.2, -0.15) is 0 Å². The minimum Gasteiger partial charge on any atom is -0.339 e. The summed E-state index contributed by atoms with van der Waals surface area (Å²) in [5, 5.41) is 3.05. The number of carbonyl (C=O) groups excluding carboxylic acids is 2. The van der Waals surface area contributed by atoms with Crippen molar-refractivity contribution in [1.29, 1.82) is 0 Å². The first-order valence-electron chi connectivity index (χ1n) is 10.5. The lowest BCUT2D eigenvalue weighted by Gasteiger charge is -2.49. The number of rotatable bonds is 2. The summed E-state index contributed by atoms with van der Waals surface area (Å²) in [4.78, 5) is 29.3. The standard InChI is InChI=1S/C22H31N3O2/c1-17-6-2-5-9-19(17)23-21(27)24-14-12-22(13-15-24)11-10-20(26)25(16-22)18-7-3-4-8-18/h2,5-6,9,18H,3-4,7-8,10-16H2,1H3,(H,23,27). The Kier molecular flexibility index (Phi) is 5.11. The number of amides is 3. The number of carbonyl (C=O) groups is 2. The van der Waals surface area contributed by atoms with Crippen LogP contribution in [0.5, 0.6) is 0 Å². The van der Waals surface area contributed by atoms with Crippen LogP contribution in [0.1, 0.15) is 56.9 Å². The molecule has 0 bridgehead atoms. The van der Waals surface area contributed by atoms with Crippen LogP contribution in [0.4, 0.5) is 10.5 Å². The van der Waals surface area contributed by atoms with Crippen LogP contribution in [-0.2, 0) is 4.79 Å². The average molecular weight is 370 g/mol. The van der Waals surface area contributed by atoms with Gasteiger partial charge in [-0.3, -0.25) is 4.79 Å². The van der Waals surface area contributed by atoms with E-state index in [4.69, 9.17) is 0 Å². The summed E-state index contributed by atoms with van der Waals surface area (Å²) in [5.41, 5.74) is 2.19. The fraction of sp³-hybridized carbons (Fsp3) is 0.636. The Balaban J connectivity index is 1.36. The molecule has 146 valence electrons. The monoisotopic (exact) mass is 369 g/mol. The van der Waals surface area contributed by atoms with Crippen LogP contribution in [0.2, 0.25) is 0 Å². The number of benzene rings is 1. The summed E-state index contributed by atoms with van der Waals surface area (Å²) in [7, 11) is 0. The van der Waals surface area contributed by atoms with Crippen LogP contribution in [0.25, 0.3) is 0 Å². The molecule has 0 unspecified atom stereocenters. The zero-order valence-corrected chi connectivity index (χ0v) is 16.4. The lowest BCUT2D eigenvalue weighted by Crippen LogP contribution is -2.54. The highest BCUT2D eigenvalue weighted by Gasteiger charge is 2.43. The van der Waals surface area contributed by atoms with E-state index in [1.54, 1.807) is 0 Å². The van der Waals surface area contributed by atoms with Gasteiger partial charge in [0.15, 0.2) is 0 Å². The van der Waals surface area contributed by atoms with Crippen molar-refractivity contribution in [2.24, 2.45) is 5.41 Å². The Bertz CT molecular complexity index is 703. The fourth-order valence-electron chi connectivity index (χ4n) is 5.09. The molecule has 1 aliphatic carbocycles. The number of urea groups is 1. The first-order valence-corrected chi connectivity index (χ1v) is 10.5. The molecule has 0 atom stereocenters. The van der Waals surface area contributed by atoms with E-state index in [0.717, 1.165) is 50.1 Å². The van der Waals surface area contributed by atoms with Crippen molar-refractivity contribution in [1.82, 2.24) is 9.80 Å². The van der Waals surface area contributed by atoms with Crippen molar-refractivity contribution in [3.63, 3.8) is 0 Å². The van der Waals surface area contributed by atoms with E-state index in [-0.39, 0.29) is 11.4 Å². The maximum absolute atomic E-state index is 12.7. The van der Waals surface area contributed by atoms with Gasteiger partial charge in [0.2, 0.25) is 5.91 Å². The fourth-order valence-corrected chi connectivity index (χ4v) is 5.09. The number of hydrogen-bond donors (Lipinski definition) is 1. The molecule has 2 saturated heterocycles. The summed E-state index contributed by atoms with van der Waals surface area (Å²) >= 11 is 0. The smallest absolute Gasteiger partial charge is 0.321 e. The lowest BCUT2D eigenvalue weighted by molar-refractivity contribution is -0.141. The number of para-hydroxylation sites is 1. The number of anilines is 1. The van der Waals surface area contributed by atoms with Gasteiger partial charge >= 0.3 is 6.03 Å². The second-order valence-electron chi connectivity index (χ2n) is 8.69. The molecule has 5 heteroatoms. The second kappa shape index (κ2) is 7.53. The number of nitrogens with zero attached hydrogens (tertiary/aromatic N) is 2. The molecule has 1 N–H and O–H groups in total. The van der Waals surface area contributed by atoms with Gasteiger partial charge in [-0.25, -0.2) is 4.79 Å². The van der Waals surface area contributed by atoms with Crippen molar-refractivity contribution in [3.8, 4) is 0 Å². The van der Waals surface area contributed by atoms with E-state index in [9.17, 15) is 9.59 Å². The van der Waals surface area contributed by atoms with Gasteiger partial charge in [0.25, 0.3) is 0 Å². The van der Waals surface area contributed by atoms with Crippen LogP contribution in [0, 0.1) is 12.3 Å². The van der Waals surface area contributed by atoms with Gasteiger partial charge in [0.05, 0.1) is 0 Å². The minimum absolute atomic E-state index is 0.00122. The normalized spacial score (nSPS) is 23.1. The molecule has 1 saturated carbocycles. The Labute approximate surface area is 162 Å². The summed E-state index contributed by atoms with van der Waals surface area (Å²) in [6.45, 7) is 4.48. The van der Waals surface area contributed by atoms with Gasteiger partial charge in [-0.15, -0.1) is 0 Å². The largest absolute Gasteiger partial charge is 0.339 e. The summed E-state index contributed by atoms with van der Waals surface area (Å²) in [5.74, 6) is 0.354.